The van der Waals surface area contributed by atoms with E-state index in [1.807, 2.05) is 4.90 Å². The van der Waals surface area contributed by atoms with Crippen molar-refractivity contribution in [2.45, 2.75) is 0 Å². The molecule has 0 aliphatic carbocycles. The molecule has 5 heteroatoms. The normalized spacial score (nSPS) is 17.4. The minimum Gasteiger partial charge on any atom is -0.503 e. The van der Waals surface area contributed by atoms with Crippen LogP contribution in [0.3, 0.4) is 0 Å². The fourth-order valence-corrected chi connectivity index (χ4v) is 1.33. The zero-order valence-corrected chi connectivity index (χ0v) is 7.18. The van der Waals surface area contributed by atoms with Gasteiger partial charge < -0.3 is 14.7 Å². The summed E-state index contributed by atoms with van der Waals surface area (Å²) in [4.78, 5) is 9.72. The van der Waals surface area contributed by atoms with Crippen LogP contribution in [0.2, 0.25) is 0 Å². The zero-order valence-electron chi connectivity index (χ0n) is 7.18. The molecular weight excluding hydrogens is 170 g/mol. The molecule has 0 amide bonds. The first kappa shape index (κ1) is 8.25. The molecule has 70 valence electrons. The van der Waals surface area contributed by atoms with Crippen molar-refractivity contribution in [3.8, 4) is 5.75 Å². The summed E-state index contributed by atoms with van der Waals surface area (Å²) in [5, 5.41) is 9.46. The summed E-state index contributed by atoms with van der Waals surface area (Å²) in [6, 6.07) is 0. The highest BCUT2D eigenvalue weighted by atomic mass is 16.5. The Bertz CT molecular complexity index is 286. The van der Waals surface area contributed by atoms with Crippen molar-refractivity contribution in [3.63, 3.8) is 0 Å². The van der Waals surface area contributed by atoms with Crippen LogP contribution in [-0.2, 0) is 4.74 Å². The van der Waals surface area contributed by atoms with Crippen molar-refractivity contribution in [1.29, 1.82) is 0 Å². The van der Waals surface area contributed by atoms with Gasteiger partial charge in [-0.15, -0.1) is 0 Å². The highest BCUT2D eigenvalue weighted by molar-refractivity contribution is 5.49. The Kier molecular flexibility index (Phi) is 2.27. The zero-order chi connectivity index (χ0) is 9.10. The molecule has 2 heterocycles. The molecule has 1 saturated heterocycles. The minimum absolute atomic E-state index is 0.129. The summed E-state index contributed by atoms with van der Waals surface area (Å²) in [7, 11) is 0. The molecule has 0 unspecified atom stereocenters. The topological polar surface area (TPSA) is 58.5 Å². The van der Waals surface area contributed by atoms with Crippen molar-refractivity contribution in [3.05, 3.63) is 12.5 Å². The van der Waals surface area contributed by atoms with E-state index in [1.165, 1.54) is 12.5 Å². The third-order valence-corrected chi connectivity index (χ3v) is 1.98. The standard InChI is InChI=1S/C8H11N3O2/c12-7-5-9-6-10-8(7)11-1-3-13-4-2-11/h5-6,12H,1-4H2. The van der Waals surface area contributed by atoms with Gasteiger partial charge in [-0.05, 0) is 0 Å². The molecule has 1 aliphatic rings. The lowest BCUT2D eigenvalue weighted by atomic mass is 10.4. The van der Waals surface area contributed by atoms with Crippen LogP contribution in [0.25, 0.3) is 0 Å². The number of rotatable bonds is 1. The third kappa shape index (κ3) is 1.70. The van der Waals surface area contributed by atoms with E-state index in [0.717, 1.165) is 13.1 Å². The molecule has 1 aliphatic heterocycles. The maximum absolute atomic E-state index is 9.46. The van der Waals surface area contributed by atoms with Crippen molar-refractivity contribution in [1.82, 2.24) is 9.97 Å². The highest BCUT2D eigenvalue weighted by Gasteiger charge is 2.15. The summed E-state index contributed by atoms with van der Waals surface area (Å²) >= 11 is 0. The van der Waals surface area contributed by atoms with Gasteiger partial charge in [-0.25, -0.2) is 9.97 Å². The van der Waals surface area contributed by atoms with Crippen LogP contribution in [-0.4, -0.2) is 41.4 Å². The van der Waals surface area contributed by atoms with Gasteiger partial charge in [-0.1, -0.05) is 0 Å². The van der Waals surface area contributed by atoms with Crippen molar-refractivity contribution in [2.75, 3.05) is 31.2 Å². The molecule has 1 N–H and O–H groups in total. The monoisotopic (exact) mass is 181 g/mol. The van der Waals surface area contributed by atoms with Crippen LogP contribution in [0, 0.1) is 0 Å². The van der Waals surface area contributed by atoms with E-state index in [1.54, 1.807) is 0 Å². The molecule has 2 rings (SSSR count). The number of nitrogens with zero attached hydrogens (tertiary/aromatic N) is 3. The largest absolute Gasteiger partial charge is 0.503 e. The molecule has 1 fully saturated rings. The smallest absolute Gasteiger partial charge is 0.177 e. The second-order valence-corrected chi connectivity index (χ2v) is 2.83. The van der Waals surface area contributed by atoms with Crippen LogP contribution in [0.5, 0.6) is 5.75 Å². The lowest BCUT2D eigenvalue weighted by Crippen LogP contribution is -2.36. The van der Waals surface area contributed by atoms with E-state index >= 15 is 0 Å². The molecule has 13 heavy (non-hydrogen) atoms. The first-order chi connectivity index (χ1) is 6.38. The van der Waals surface area contributed by atoms with Gasteiger partial charge in [0.1, 0.15) is 6.33 Å². The Morgan fingerprint density at radius 1 is 1.38 bits per heavy atom. The van der Waals surface area contributed by atoms with Gasteiger partial charge in [0, 0.05) is 13.1 Å². The molecule has 0 bridgehead atoms. The summed E-state index contributed by atoms with van der Waals surface area (Å²) < 4.78 is 5.19. The minimum atomic E-state index is 0.129. The fraction of sp³-hybridized carbons (Fsp3) is 0.500. The maximum Gasteiger partial charge on any atom is 0.177 e. The van der Waals surface area contributed by atoms with Gasteiger partial charge >= 0.3 is 0 Å². The van der Waals surface area contributed by atoms with Crippen LogP contribution < -0.4 is 4.90 Å². The van der Waals surface area contributed by atoms with Gasteiger partial charge in [-0.3, -0.25) is 0 Å². The average Bonchev–Trinajstić information content (AvgIpc) is 2.20. The number of ether oxygens (including phenoxy) is 1. The van der Waals surface area contributed by atoms with E-state index < -0.39 is 0 Å². The number of hydrogen-bond acceptors (Lipinski definition) is 5. The fourth-order valence-electron chi connectivity index (χ4n) is 1.33. The van der Waals surface area contributed by atoms with E-state index in [-0.39, 0.29) is 5.75 Å². The second kappa shape index (κ2) is 3.57. The van der Waals surface area contributed by atoms with E-state index in [9.17, 15) is 5.11 Å². The van der Waals surface area contributed by atoms with Gasteiger partial charge in [0.15, 0.2) is 11.6 Å². The van der Waals surface area contributed by atoms with Crippen LogP contribution in [0.4, 0.5) is 5.82 Å². The number of anilines is 1. The molecule has 0 atom stereocenters. The maximum atomic E-state index is 9.46. The first-order valence-electron chi connectivity index (χ1n) is 4.19. The van der Waals surface area contributed by atoms with Crippen LogP contribution in [0.1, 0.15) is 0 Å². The van der Waals surface area contributed by atoms with Crippen molar-refractivity contribution >= 4 is 5.82 Å². The van der Waals surface area contributed by atoms with Crippen molar-refractivity contribution in [2.24, 2.45) is 0 Å². The second-order valence-electron chi connectivity index (χ2n) is 2.83. The molecule has 5 nitrogen and oxygen atoms in total. The van der Waals surface area contributed by atoms with Gasteiger partial charge in [0.2, 0.25) is 0 Å². The Morgan fingerprint density at radius 2 is 2.15 bits per heavy atom. The molecular formula is C8H11N3O2. The highest BCUT2D eigenvalue weighted by Crippen LogP contribution is 2.22. The van der Waals surface area contributed by atoms with E-state index in [4.69, 9.17) is 4.74 Å². The predicted molar refractivity (Wildman–Crippen MR) is 46.7 cm³/mol. The number of aromatic hydroxyl groups is 1. The number of hydrogen-bond donors (Lipinski definition) is 1. The Labute approximate surface area is 76.0 Å². The SMILES string of the molecule is Oc1cncnc1N1CCOCC1. The number of aromatic nitrogens is 2. The van der Waals surface area contributed by atoms with Crippen molar-refractivity contribution < 1.29 is 9.84 Å². The number of morpholine rings is 1. The Balaban J connectivity index is 2.18. The predicted octanol–water partition coefficient (Wildman–Crippen LogP) is 0.0188. The summed E-state index contributed by atoms with van der Waals surface area (Å²) in [5.74, 6) is 0.725. The molecule has 1 aromatic rings. The quantitative estimate of drug-likeness (QED) is 0.661. The van der Waals surface area contributed by atoms with E-state index in [0.29, 0.717) is 19.0 Å². The molecule has 0 aromatic carbocycles. The van der Waals surface area contributed by atoms with Gasteiger partial charge in [0.05, 0.1) is 19.4 Å². The summed E-state index contributed by atoms with van der Waals surface area (Å²) in [5.41, 5.74) is 0. The lowest BCUT2D eigenvalue weighted by Gasteiger charge is -2.27. The molecule has 0 spiro atoms. The lowest BCUT2D eigenvalue weighted by molar-refractivity contribution is 0.122. The summed E-state index contributed by atoms with van der Waals surface area (Å²) in [6.07, 6.45) is 2.84. The molecule has 1 aromatic heterocycles. The third-order valence-electron chi connectivity index (χ3n) is 1.98. The van der Waals surface area contributed by atoms with Crippen LogP contribution in [0.15, 0.2) is 12.5 Å². The average molecular weight is 181 g/mol. The van der Waals surface area contributed by atoms with Gasteiger partial charge in [0.25, 0.3) is 0 Å². The molecule has 0 radical (unpaired) electrons. The Morgan fingerprint density at radius 3 is 2.85 bits per heavy atom. The summed E-state index contributed by atoms with van der Waals surface area (Å²) in [6.45, 7) is 2.90. The first-order valence-corrected chi connectivity index (χ1v) is 4.19. The van der Waals surface area contributed by atoms with Gasteiger partial charge in [-0.2, -0.15) is 0 Å². The van der Waals surface area contributed by atoms with Crippen LogP contribution >= 0.6 is 0 Å². The molecule has 0 saturated carbocycles. The Hall–Kier alpha value is -1.36. The van der Waals surface area contributed by atoms with E-state index in [2.05, 4.69) is 9.97 Å².